The number of nitrogens with zero attached hydrogens (tertiary/aromatic N) is 1. The van der Waals surface area contributed by atoms with Crippen LogP contribution >= 0.6 is 15.9 Å². The van der Waals surface area contributed by atoms with Crippen LogP contribution in [0.25, 0.3) is 0 Å². The first-order valence-electron chi connectivity index (χ1n) is 6.11. The Morgan fingerprint density at radius 3 is 2.61 bits per heavy atom. The summed E-state index contributed by atoms with van der Waals surface area (Å²) in [5.41, 5.74) is 1.15. The van der Waals surface area contributed by atoms with Gasteiger partial charge in [0.05, 0.1) is 4.92 Å². The smallest absolute Gasteiger partial charge is 0.270 e. The number of hydrogen-bond acceptors (Lipinski definition) is 3. The zero-order valence-electron chi connectivity index (χ0n) is 10.9. The molecule has 18 heavy (non-hydrogen) atoms. The molecular formula is C13H19BrN2O2. The topological polar surface area (TPSA) is 55.2 Å². The van der Waals surface area contributed by atoms with Gasteiger partial charge in [-0.3, -0.25) is 10.1 Å². The van der Waals surface area contributed by atoms with Crippen molar-refractivity contribution >= 4 is 21.6 Å². The van der Waals surface area contributed by atoms with E-state index >= 15 is 0 Å². The molecule has 1 rings (SSSR count). The van der Waals surface area contributed by atoms with Gasteiger partial charge in [-0.05, 0) is 24.5 Å². The summed E-state index contributed by atoms with van der Waals surface area (Å²) in [5, 5.41) is 14.1. The maximum atomic E-state index is 10.6. The molecule has 0 aliphatic rings. The minimum atomic E-state index is -0.385. The minimum Gasteiger partial charge on any atom is -0.310 e. The van der Waals surface area contributed by atoms with Crippen molar-refractivity contribution in [3.05, 3.63) is 38.3 Å². The van der Waals surface area contributed by atoms with Crippen molar-refractivity contribution in [1.29, 1.82) is 0 Å². The molecule has 0 bridgehead atoms. The molecule has 0 saturated heterocycles. The van der Waals surface area contributed by atoms with Crippen molar-refractivity contribution in [1.82, 2.24) is 5.32 Å². The van der Waals surface area contributed by atoms with Crippen LogP contribution in [0.2, 0.25) is 0 Å². The number of non-ortho nitro benzene ring substituents is 1. The highest BCUT2D eigenvalue weighted by Crippen LogP contribution is 2.23. The third kappa shape index (κ3) is 4.07. The van der Waals surface area contributed by atoms with Crippen LogP contribution in [0, 0.1) is 16.0 Å². The monoisotopic (exact) mass is 314 g/mol. The Hall–Kier alpha value is -0.940. The number of benzene rings is 1. The first-order chi connectivity index (χ1) is 8.45. The van der Waals surface area contributed by atoms with Gasteiger partial charge in [-0.1, -0.05) is 36.2 Å². The lowest BCUT2D eigenvalue weighted by Crippen LogP contribution is -2.31. The predicted octanol–water partition coefficient (Wildman–Crippen LogP) is 3.88. The van der Waals surface area contributed by atoms with E-state index in [1.807, 2.05) is 0 Å². The van der Waals surface area contributed by atoms with Crippen LogP contribution < -0.4 is 5.32 Å². The molecule has 0 radical (unpaired) electrons. The number of halogens is 1. The van der Waals surface area contributed by atoms with Gasteiger partial charge in [-0.25, -0.2) is 0 Å². The molecule has 100 valence electrons. The van der Waals surface area contributed by atoms with E-state index in [4.69, 9.17) is 0 Å². The van der Waals surface area contributed by atoms with E-state index in [0.29, 0.717) is 18.5 Å². The summed E-state index contributed by atoms with van der Waals surface area (Å²) in [6, 6.07) is 5.30. The molecule has 0 spiro atoms. The number of nitro benzene ring substituents is 1. The number of hydrogen-bond donors (Lipinski definition) is 1. The lowest BCUT2D eigenvalue weighted by atomic mass is 10.0. The van der Waals surface area contributed by atoms with E-state index in [1.165, 1.54) is 6.07 Å². The standard InChI is InChI=1S/C13H19BrN2O2/c1-4-9(2)10(3)15-8-11-5-6-12(16(17)18)7-13(11)14/h5-7,9-10,15H,4,8H2,1-3H3. The Balaban J connectivity index is 2.66. The Bertz CT molecular complexity index is 423. The minimum absolute atomic E-state index is 0.112. The van der Waals surface area contributed by atoms with Gasteiger partial charge in [0.2, 0.25) is 0 Å². The predicted molar refractivity (Wildman–Crippen MR) is 76.6 cm³/mol. The summed E-state index contributed by atoms with van der Waals surface area (Å²) < 4.78 is 0.778. The fourth-order valence-corrected chi connectivity index (χ4v) is 2.13. The molecule has 0 fully saturated rings. The molecule has 1 N–H and O–H groups in total. The van der Waals surface area contributed by atoms with E-state index in [-0.39, 0.29) is 10.6 Å². The van der Waals surface area contributed by atoms with Crippen molar-refractivity contribution < 1.29 is 4.92 Å². The van der Waals surface area contributed by atoms with E-state index in [0.717, 1.165) is 16.5 Å². The number of nitrogens with one attached hydrogen (secondary N) is 1. The first kappa shape index (κ1) is 15.1. The van der Waals surface area contributed by atoms with Gasteiger partial charge in [0.15, 0.2) is 0 Å². The van der Waals surface area contributed by atoms with Gasteiger partial charge in [0.25, 0.3) is 5.69 Å². The first-order valence-corrected chi connectivity index (χ1v) is 6.91. The molecule has 0 aromatic heterocycles. The van der Waals surface area contributed by atoms with Crippen molar-refractivity contribution in [2.75, 3.05) is 0 Å². The van der Waals surface area contributed by atoms with Crippen molar-refractivity contribution in [3.63, 3.8) is 0 Å². The second-order valence-electron chi connectivity index (χ2n) is 4.59. The Morgan fingerprint density at radius 2 is 2.11 bits per heavy atom. The molecule has 2 atom stereocenters. The Morgan fingerprint density at radius 1 is 1.44 bits per heavy atom. The van der Waals surface area contributed by atoms with E-state index in [1.54, 1.807) is 12.1 Å². The molecule has 1 aromatic rings. The maximum Gasteiger partial charge on any atom is 0.270 e. The maximum absolute atomic E-state index is 10.6. The second-order valence-corrected chi connectivity index (χ2v) is 5.44. The highest BCUT2D eigenvalue weighted by molar-refractivity contribution is 9.10. The van der Waals surface area contributed by atoms with Crippen molar-refractivity contribution in [3.8, 4) is 0 Å². The SMILES string of the molecule is CCC(C)C(C)NCc1ccc([N+](=O)[O-])cc1Br. The summed E-state index contributed by atoms with van der Waals surface area (Å²) in [7, 11) is 0. The quantitative estimate of drug-likeness (QED) is 0.640. The fourth-order valence-electron chi connectivity index (χ4n) is 1.62. The van der Waals surface area contributed by atoms with Gasteiger partial charge < -0.3 is 5.32 Å². The molecular weight excluding hydrogens is 296 g/mol. The van der Waals surface area contributed by atoms with Crippen LogP contribution in [0.15, 0.2) is 22.7 Å². The zero-order chi connectivity index (χ0) is 13.7. The highest BCUT2D eigenvalue weighted by atomic mass is 79.9. The van der Waals surface area contributed by atoms with Gasteiger partial charge in [0, 0.05) is 29.2 Å². The van der Waals surface area contributed by atoms with Gasteiger partial charge in [-0.2, -0.15) is 0 Å². The van der Waals surface area contributed by atoms with Gasteiger partial charge >= 0.3 is 0 Å². The molecule has 2 unspecified atom stereocenters. The lowest BCUT2D eigenvalue weighted by Gasteiger charge is -2.20. The molecule has 0 aliphatic carbocycles. The van der Waals surface area contributed by atoms with Crippen LogP contribution in [0.4, 0.5) is 5.69 Å². The summed E-state index contributed by atoms with van der Waals surface area (Å²) in [5.74, 6) is 0.613. The normalized spacial score (nSPS) is 14.2. The zero-order valence-corrected chi connectivity index (χ0v) is 12.5. The molecule has 4 nitrogen and oxygen atoms in total. The summed E-state index contributed by atoms with van der Waals surface area (Å²) in [4.78, 5) is 10.2. The lowest BCUT2D eigenvalue weighted by molar-refractivity contribution is -0.384. The Kier molecular flexibility index (Phi) is 5.75. The molecule has 1 aromatic carbocycles. The molecule has 0 saturated carbocycles. The van der Waals surface area contributed by atoms with E-state index in [9.17, 15) is 10.1 Å². The average molecular weight is 315 g/mol. The highest BCUT2D eigenvalue weighted by Gasteiger charge is 2.12. The largest absolute Gasteiger partial charge is 0.310 e. The van der Waals surface area contributed by atoms with Crippen LogP contribution in [-0.4, -0.2) is 11.0 Å². The third-order valence-electron chi connectivity index (χ3n) is 3.36. The molecule has 0 amide bonds. The summed E-state index contributed by atoms with van der Waals surface area (Å²) in [6.07, 6.45) is 1.13. The van der Waals surface area contributed by atoms with Crippen LogP contribution in [0.3, 0.4) is 0 Å². The average Bonchev–Trinajstić information content (AvgIpc) is 2.35. The van der Waals surface area contributed by atoms with Crippen LogP contribution in [0.5, 0.6) is 0 Å². The second kappa shape index (κ2) is 6.85. The fraction of sp³-hybridized carbons (Fsp3) is 0.538. The van der Waals surface area contributed by atoms with E-state index < -0.39 is 0 Å². The third-order valence-corrected chi connectivity index (χ3v) is 4.10. The van der Waals surface area contributed by atoms with Crippen LogP contribution in [-0.2, 0) is 6.54 Å². The molecule has 0 heterocycles. The van der Waals surface area contributed by atoms with Crippen molar-refractivity contribution in [2.24, 2.45) is 5.92 Å². The summed E-state index contributed by atoms with van der Waals surface area (Å²) >= 11 is 3.38. The molecule has 0 aliphatic heterocycles. The van der Waals surface area contributed by atoms with Gasteiger partial charge in [0.1, 0.15) is 0 Å². The van der Waals surface area contributed by atoms with Gasteiger partial charge in [-0.15, -0.1) is 0 Å². The Labute approximate surface area is 116 Å². The van der Waals surface area contributed by atoms with E-state index in [2.05, 4.69) is 42.0 Å². The summed E-state index contributed by atoms with van der Waals surface area (Å²) in [6.45, 7) is 7.25. The van der Waals surface area contributed by atoms with Crippen molar-refractivity contribution in [2.45, 2.75) is 39.8 Å². The molecule has 5 heteroatoms. The number of rotatable bonds is 6. The number of nitro groups is 1. The van der Waals surface area contributed by atoms with Crippen LogP contribution in [0.1, 0.15) is 32.8 Å².